The molecule has 3 heteroatoms. The van der Waals surface area contributed by atoms with Gasteiger partial charge in [0.1, 0.15) is 0 Å². The largest absolute Gasteiger partial charge is 0.367 e. The fourth-order valence-electron chi connectivity index (χ4n) is 2.51. The van der Waals surface area contributed by atoms with Gasteiger partial charge in [0, 0.05) is 23.2 Å². The summed E-state index contributed by atoms with van der Waals surface area (Å²) in [5.74, 6) is 0. The van der Waals surface area contributed by atoms with E-state index < -0.39 is 0 Å². The molecule has 0 spiro atoms. The third-order valence-electron chi connectivity index (χ3n) is 3.58. The van der Waals surface area contributed by atoms with Gasteiger partial charge in [-0.25, -0.2) is 0 Å². The molecular weight excluding hydrogens is 300 g/mol. The zero-order valence-corrected chi connectivity index (χ0v) is 12.0. The van der Waals surface area contributed by atoms with E-state index in [1.54, 1.807) is 0 Å². The summed E-state index contributed by atoms with van der Waals surface area (Å²) in [7, 11) is 0. The van der Waals surface area contributed by atoms with Crippen molar-refractivity contribution in [2.75, 3.05) is 11.4 Å². The smallest absolute Gasteiger partial charge is 0.0991 e. The van der Waals surface area contributed by atoms with Crippen LogP contribution in [-0.4, -0.2) is 6.54 Å². The molecule has 19 heavy (non-hydrogen) atoms. The summed E-state index contributed by atoms with van der Waals surface area (Å²) in [4.78, 5) is 2.36. The zero-order valence-electron chi connectivity index (χ0n) is 10.4. The van der Waals surface area contributed by atoms with Crippen LogP contribution in [0.2, 0.25) is 0 Å². The normalized spacial score (nSPS) is 13.8. The van der Waals surface area contributed by atoms with Gasteiger partial charge in [-0.05, 0) is 47.9 Å². The van der Waals surface area contributed by atoms with E-state index >= 15 is 0 Å². The number of rotatable bonds is 1. The van der Waals surface area contributed by atoms with Gasteiger partial charge in [-0.3, -0.25) is 0 Å². The highest BCUT2D eigenvalue weighted by Crippen LogP contribution is 2.29. The van der Waals surface area contributed by atoms with E-state index in [4.69, 9.17) is 5.26 Å². The minimum atomic E-state index is 0.711. The van der Waals surface area contributed by atoms with Crippen LogP contribution in [0.25, 0.3) is 0 Å². The highest BCUT2D eigenvalue weighted by Gasteiger charge is 2.18. The Kier molecular flexibility index (Phi) is 3.27. The van der Waals surface area contributed by atoms with Crippen LogP contribution in [0.3, 0.4) is 0 Å². The maximum Gasteiger partial charge on any atom is 0.0991 e. The average Bonchev–Trinajstić information content (AvgIpc) is 2.47. The number of hydrogen-bond donors (Lipinski definition) is 0. The Bertz CT molecular complexity index is 641. The van der Waals surface area contributed by atoms with Crippen LogP contribution in [0.5, 0.6) is 0 Å². The van der Waals surface area contributed by atoms with Gasteiger partial charge in [-0.15, -0.1) is 0 Å². The summed E-state index contributed by atoms with van der Waals surface area (Å²) < 4.78 is 1.18. The van der Waals surface area contributed by atoms with Crippen LogP contribution < -0.4 is 4.90 Å². The van der Waals surface area contributed by atoms with Crippen LogP contribution in [0.4, 0.5) is 5.69 Å². The fourth-order valence-corrected chi connectivity index (χ4v) is 3.04. The second-order valence-electron chi connectivity index (χ2n) is 4.71. The molecule has 2 aromatic rings. The van der Waals surface area contributed by atoms with Gasteiger partial charge >= 0.3 is 0 Å². The van der Waals surface area contributed by atoms with Crippen molar-refractivity contribution in [3.63, 3.8) is 0 Å². The predicted molar refractivity (Wildman–Crippen MR) is 80.1 cm³/mol. The first-order valence-corrected chi connectivity index (χ1v) is 7.08. The molecule has 0 fully saturated rings. The standard InChI is InChI=1S/C16H13BrN2/c17-16-3-1-2-13-8-9-19(11-15(13)16)14-6-4-12(10-18)5-7-14/h1-7H,8-9,11H2. The van der Waals surface area contributed by atoms with Crippen molar-refractivity contribution >= 4 is 21.6 Å². The van der Waals surface area contributed by atoms with Gasteiger partial charge in [-0.1, -0.05) is 28.1 Å². The van der Waals surface area contributed by atoms with Crippen LogP contribution in [0.15, 0.2) is 46.9 Å². The molecule has 0 radical (unpaired) electrons. The molecule has 2 aromatic carbocycles. The number of anilines is 1. The number of fused-ring (bicyclic) bond motifs is 1. The first-order valence-electron chi connectivity index (χ1n) is 6.29. The number of nitrogens with zero attached hydrogens (tertiary/aromatic N) is 2. The van der Waals surface area contributed by atoms with E-state index in [-0.39, 0.29) is 0 Å². The van der Waals surface area contributed by atoms with Crippen molar-refractivity contribution in [1.82, 2.24) is 0 Å². The van der Waals surface area contributed by atoms with Crippen molar-refractivity contribution < 1.29 is 0 Å². The molecule has 94 valence electrons. The molecule has 2 nitrogen and oxygen atoms in total. The molecule has 3 rings (SSSR count). The van der Waals surface area contributed by atoms with Crippen molar-refractivity contribution in [1.29, 1.82) is 5.26 Å². The third-order valence-corrected chi connectivity index (χ3v) is 4.32. The van der Waals surface area contributed by atoms with E-state index in [1.165, 1.54) is 21.3 Å². The molecule has 0 aliphatic carbocycles. The minimum absolute atomic E-state index is 0.711. The quantitative estimate of drug-likeness (QED) is 0.799. The molecule has 1 heterocycles. The summed E-state index contributed by atoms with van der Waals surface area (Å²) in [5, 5.41) is 8.84. The average molecular weight is 313 g/mol. The van der Waals surface area contributed by atoms with Gasteiger partial charge < -0.3 is 4.90 Å². The monoisotopic (exact) mass is 312 g/mol. The molecule has 0 bridgehead atoms. The lowest BCUT2D eigenvalue weighted by molar-refractivity contribution is 0.729. The molecule has 0 unspecified atom stereocenters. The first kappa shape index (κ1) is 12.3. The third kappa shape index (κ3) is 2.36. The topological polar surface area (TPSA) is 27.0 Å². The van der Waals surface area contributed by atoms with Gasteiger partial charge in [0.25, 0.3) is 0 Å². The Morgan fingerprint density at radius 1 is 1.11 bits per heavy atom. The van der Waals surface area contributed by atoms with Crippen LogP contribution >= 0.6 is 15.9 Å². The number of benzene rings is 2. The first-order chi connectivity index (χ1) is 9.28. The molecule has 0 aromatic heterocycles. The van der Waals surface area contributed by atoms with Crippen LogP contribution in [0.1, 0.15) is 16.7 Å². The van der Waals surface area contributed by atoms with Gasteiger partial charge in [0.2, 0.25) is 0 Å². The summed E-state index contributed by atoms with van der Waals surface area (Å²) >= 11 is 3.64. The Labute approximate surface area is 121 Å². The Balaban J connectivity index is 1.89. The van der Waals surface area contributed by atoms with Crippen molar-refractivity contribution in [3.8, 4) is 6.07 Å². The van der Waals surface area contributed by atoms with Gasteiger partial charge in [0.05, 0.1) is 11.6 Å². The highest BCUT2D eigenvalue weighted by atomic mass is 79.9. The lowest BCUT2D eigenvalue weighted by Crippen LogP contribution is -2.30. The van der Waals surface area contributed by atoms with Gasteiger partial charge in [0.15, 0.2) is 0 Å². The molecule has 0 N–H and O–H groups in total. The summed E-state index contributed by atoms with van der Waals surface area (Å²) in [5.41, 5.74) is 4.69. The molecule has 0 amide bonds. The number of hydrogen-bond acceptors (Lipinski definition) is 2. The maximum absolute atomic E-state index is 8.84. The Morgan fingerprint density at radius 2 is 1.89 bits per heavy atom. The molecule has 0 atom stereocenters. The summed E-state index contributed by atoms with van der Waals surface area (Å²) in [6.07, 6.45) is 1.06. The number of nitriles is 1. The summed E-state index contributed by atoms with van der Waals surface area (Å²) in [6.45, 7) is 1.94. The second-order valence-corrected chi connectivity index (χ2v) is 5.56. The van der Waals surface area contributed by atoms with E-state index in [0.717, 1.165) is 19.5 Å². The van der Waals surface area contributed by atoms with Crippen molar-refractivity contribution in [2.45, 2.75) is 13.0 Å². The minimum Gasteiger partial charge on any atom is -0.367 e. The summed E-state index contributed by atoms with van der Waals surface area (Å²) in [6, 6.07) is 16.4. The Hall–Kier alpha value is -1.79. The SMILES string of the molecule is N#Cc1ccc(N2CCc3cccc(Br)c3C2)cc1. The maximum atomic E-state index is 8.84. The van der Waals surface area contributed by atoms with E-state index in [2.05, 4.69) is 45.1 Å². The van der Waals surface area contributed by atoms with E-state index in [9.17, 15) is 0 Å². The molecular formula is C16H13BrN2. The second kappa shape index (κ2) is 5.07. The highest BCUT2D eigenvalue weighted by molar-refractivity contribution is 9.10. The zero-order chi connectivity index (χ0) is 13.2. The van der Waals surface area contributed by atoms with Crippen molar-refractivity contribution in [2.24, 2.45) is 0 Å². The molecule has 1 aliphatic rings. The lowest BCUT2D eigenvalue weighted by Gasteiger charge is -2.31. The van der Waals surface area contributed by atoms with E-state index in [1.807, 2.05) is 24.3 Å². The Morgan fingerprint density at radius 3 is 2.63 bits per heavy atom. The predicted octanol–water partition coefficient (Wildman–Crippen LogP) is 3.88. The lowest BCUT2D eigenvalue weighted by atomic mass is 9.99. The number of halogens is 1. The van der Waals surface area contributed by atoms with E-state index in [0.29, 0.717) is 5.56 Å². The van der Waals surface area contributed by atoms with Crippen LogP contribution in [-0.2, 0) is 13.0 Å². The molecule has 0 saturated heterocycles. The fraction of sp³-hybridized carbons (Fsp3) is 0.188. The van der Waals surface area contributed by atoms with Crippen LogP contribution in [0, 0.1) is 11.3 Å². The molecule has 0 saturated carbocycles. The van der Waals surface area contributed by atoms with Gasteiger partial charge in [-0.2, -0.15) is 5.26 Å². The van der Waals surface area contributed by atoms with Crippen molar-refractivity contribution in [3.05, 3.63) is 63.6 Å². The molecule has 1 aliphatic heterocycles.